The van der Waals surface area contributed by atoms with Crippen LogP contribution in [0.3, 0.4) is 0 Å². The van der Waals surface area contributed by atoms with E-state index >= 15 is 0 Å². The lowest BCUT2D eigenvalue weighted by Gasteiger charge is -2.22. The molecule has 0 aliphatic carbocycles. The smallest absolute Gasteiger partial charge is 0.269 e. The summed E-state index contributed by atoms with van der Waals surface area (Å²) >= 11 is 0. The first kappa shape index (κ1) is 15.4. The van der Waals surface area contributed by atoms with Gasteiger partial charge in [-0.3, -0.25) is 20.2 Å². The van der Waals surface area contributed by atoms with E-state index in [4.69, 9.17) is 0 Å². The van der Waals surface area contributed by atoms with Gasteiger partial charge in [-0.25, -0.2) is 0 Å². The van der Waals surface area contributed by atoms with Crippen molar-refractivity contribution in [1.82, 2.24) is 10.2 Å². The highest BCUT2D eigenvalue weighted by atomic mass is 16.6. The Labute approximate surface area is 124 Å². The van der Waals surface area contributed by atoms with E-state index in [9.17, 15) is 14.9 Å². The monoisotopic (exact) mass is 291 g/mol. The number of carbonyl (C=O) groups is 1. The third kappa shape index (κ3) is 3.21. The predicted octanol–water partition coefficient (Wildman–Crippen LogP) is 2.60. The minimum atomic E-state index is -0.412. The van der Waals surface area contributed by atoms with Crippen molar-refractivity contribution in [2.24, 2.45) is 0 Å². The largest absolute Gasteiger partial charge is 0.322 e. The number of hydrogen-bond acceptors (Lipinski definition) is 4. The van der Waals surface area contributed by atoms with Gasteiger partial charge < -0.3 is 4.90 Å². The van der Waals surface area contributed by atoms with Gasteiger partial charge >= 0.3 is 0 Å². The third-order valence-electron chi connectivity index (χ3n) is 3.84. The number of carbonyl (C=O) groups excluding carboxylic acids is 1. The number of benzene rings is 1. The summed E-state index contributed by atoms with van der Waals surface area (Å²) in [4.78, 5) is 24.6. The number of nitrogens with one attached hydrogen (secondary N) is 1. The zero-order valence-corrected chi connectivity index (χ0v) is 12.4. The van der Waals surface area contributed by atoms with Gasteiger partial charge in [0.1, 0.15) is 6.17 Å². The van der Waals surface area contributed by atoms with Crippen LogP contribution in [0.25, 0.3) is 0 Å². The molecule has 0 aromatic heterocycles. The Morgan fingerprint density at radius 3 is 2.76 bits per heavy atom. The maximum Gasteiger partial charge on any atom is 0.269 e. The molecule has 1 aromatic carbocycles. The zero-order chi connectivity index (χ0) is 15.4. The van der Waals surface area contributed by atoms with Gasteiger partial charge in [-0.15, -0.1) is 0 Å². The Morgan fingerprint density at radius 2 is 2.14 bits per heavy atom. The van der Waals surface area contributed by atoms with Crippen LogP contribution < -0.4 is 5.32 Å². The van der Waals surface area contributed by atoms with E-state index in [2.05, 4.69) is 12.2 Å². The Balaban J connectivity index is 2.23. The van der Waals surface area contributed by atoms with Crippen LogP contribution in [0.5, 0.6) is 0 Å². The number of amides is 1. The fourth-order valence-electron chi connectivity index (χ4n) is 2.72. The molecule has 0 saturated carbocycles. The minimum Gasteiger partial charge on any atom is -0.322 e. The molecule has 1 saturated heterocycles. The van der Waals surface area contributed by atoms with E-state index in [1.807, 2.05) is 13.0 Å². The van der Waals surface area contributed by atoms with Crippen molar-refractivity contribution in [2.45, 2.75) is 45.3 Å². The molecule has 2 atom stereocenters. The van der Waals surface area contributed by atoms with Crippen molar-refractivity contribution in [1.29, 1.82) is 0 Å². The van der Waals surface area contributed by atoms with Gasteiger partial charge in [0.25, 0.3) is 5.69 Å². The molecule has 1 amide bonds. The lowest BCUT2D eigenvalue weighted by molar-refractivity contribution is -0.385. The molecule has 2 unspecified atom stereocenters. The molecule has 0 spiro atoms. The van der Waals surface area contributed by atoms with Crippen LogP contribution in [0.2, 0.25) is 0 Å². The van der Waals surface area contributed by atoms with Crippen LogP contribution in [-0.4, -0.2) is 28.3 Å². The lowest BCUT2D eigenvalue weighted by atomic mass is 10.1. The quantitative estimate of drug-likeness (QED) is 0.645. The molecular formula is C15H21N3O3. The number of nitro benzene ring substituents is 1. The third-order valence-corrected chi connectivity index (χ3v) is 3.84. The van der Waals surface area contributed by atoms with Crippen LogP contribution in [0.15, 0.2) is 24.3 Å². The molecular weight excluding hydrogens is 270 g/mol. The van der Waals surface area contributed by atoms with Gasteiger partial charge in [0.05, 0.1) is 11.0 Å². The van der Waals surface area contributed by atoms with Crippen molar-refractivity contribution in [3.63, 3.8) is 0 Å². The summed E-state index contributed by atoms with van der Waals surface area (Å²) in [5.41, 5.74) is 0.813. The second kappa shape index (κ2) is 6.67. The Bertz CT molecular complexity index is 533. The van der Waals surface area contributed by atoms with Gasteiger partial charge in [0, 0.05) is 18.7 Å². The fraction of sp³-hybridized carbons (Fsp3) is 0.533. The van der Waals surface area contributed by atoms with Gasteiger partial charge in [-0.1, -0.05) is 31.9 Å². The number of nitro groups is 1. The van der Waals surface area contributed by atoms with Crippen LogP contribution in [-0.2, 0) is 4.79 Å². The van der Waals surface area contributed by atoms with E-state index in [0.717, 1.165) is 24.8 Å². The molecule has 0 radical (unpaired) electrons. The van der Waals surface area contributed by atoms with Gasteiger partial charge in [-0.05, 0) is 18.9 Å². The van der Waals surface area contributed by atoms with Gasteiger partial charge in [0.2, 0.25) is 5.91 Å². The molecule has 1 N–H and O–H groups in total. The standard InChI is InChI=1S/C15H21N3O3/c1-3-5-9-13-15(19)17(4-2)14(16-13)11-7-6-8-12(10-11)18(20)21/h6-8,10,13-14,16H,3-5,9H2,1-2H3. The highest BCUT2D eigenvalue weighted by Crippen LogP contribution is 2.28. The summed E-state index contributed by atoms with van der Waals surface area (Å²) in [5, 5.41) is 14.2. The summed E-state index contributed by atoms with van der Waals surface area (Å²) in [6.45, 7) is 4.60. The topological polar surface area (TPSA) is 75.5 Å². The number of likely N-dealkylation sites (N-methyl/N-ethyl adjacent to an activating group) is 1. The number of unbranched alkanes of at least 4 members (excludes halogenated alkanes) is 1. The molecule has 2 rings (SSSR count). The molecule has 1 heterocycles. The summed E-state index contributed by atoms with van der Waals surface area (Å²) in [6, 6.07) is 6.30. The fourth-order valence-corrected chi connectivity index (χ4v) is 2.72. The summed E-state index contributed by atoms with van der Waals surface area (Å²) in [6.07, 6.45) is 2.56. The molecule has 6 nitrogen and oxygen atoms in total. The molecule has 0 bridgehead atoms. The number of hydrogen-bond donors (Lipinski definition) is 1. The predicted molar refractivity (Wildman–Crippen MR) is 79.7 cm³/mol. The summed E-state index contributed by atoms with van der Waals surface area (Å²) in [5.74, 6) is 0.0856. The first-order valence-electron chi connectivity index (χ1n) is 7.39. The van der Waals surface area contributed by atoms with Crippen LogP contribution in [0, 0.1) is 10.1 Å². The van der Waals surface area contributed by atoms with Crippen molar-refractivity contribution in [3.05, 3.63) is 39.9 Å². The summed E-state index contributed by atoms with van der Waals surface area (Å²) < 4.78 is 0. The van der Waals surface area contributed by atoms with E-state index in [1.165, 1.54) is 12.1 Å². The lowest BCUT2D eigenvalue weighted by Crippen LogP contribution is -2.30. The van der Waals surface area contributed by atoms with E-state index in [0.29, 0.717) is 6.54 Å². The van der Waals surface area contributed by atoms with E-state index < -0.39 is 4.92 Å². The van der Waals surface area contributed by atoms with Crippen molar-refractivity contribution < 1.29 is 9.72 Å². The molecule has 6 heteroatoms. The maximum atomic E-state index is 12.4. The number of rotatable bonds is 6. The Hall–Kier alpha value is -1.95. The SMILES string of the molecule is CCCCC1NC(c2cccc([N+](=O)[O-])c2)N(CC)C1=O. The second-order valence-electron chi connectivity index (χ2n) is 5.24. The highest BCUT2D eigenvalue weighted by Gasteiger charge is 2.38. The van der Waals surface area contributed by atoms with Crippen LogP contribution in [0.4, 0.5) is 5.69 Å². The van der Waals surface area contributed by atoms with Gasteiger partial charge in [0.15, 0.2) is 0 Å². The Kier molecular flexibility index (Phi) is 4.90. The summed E-state index contributed by atoms with van der Waals surface area (Å²) in [7, 11) is 0. The number of non-ortho nitro benzene ring substituents is 1. The normalized spacial score (nSPS) is 21.8. The van der Waals surface area contributed by atoms with Crippen molar-refractivity contribution in [2.75, 3.05) is 6.54 Å². The number of nitrogens with zero attached hydrogens (tertiary/aromatic N) is 2. The average molecular weight is 291 g/mol. The van der Waals surface area contributed by atoms with Crippen LogP contribution in [0.1, 0.15) is 44.8 Å². The minimum absolute atomic E-state index is 0.0508. The molecule has 1 aromatic rings. The first-order chi connectivity index (χ1) is 10.1. The zero-order valence-electron chi connectivity index (χ0n) is 12.4. The van der Waals surface area contributed by atoms with Gasteiger partial charge in [-0.2, -0.15) is 0 Å². The maximum absolute atomic E-state index is 12.4. The van der Waals surface area contributed by atoms with E-state index in [-0.39, 0.29) is 23.8 Å². The molecule has 21 heavy (non-hydrogen) atoms. The van der Waals surface area contributed by atoms with Crippen molar-refractivity contribution >= 4 is 11.6 Å². The molecule has 1 aliphatic rings. The molecule has 1 fully saturated rings. The van der Waals surface area contributed by atoms with E-state index in [1.54, 1.807) is 11.0 Å². The average Bonchev–Trinajstić information content (AvgIpc) is 2.81. The molecule has 1 aliphatic heterocycles. The first-order valence-corrected chi connectivity index (χ1v) is 7.39. The van der Waals surface area contributed by atoms with Crippen LogP contribution >= 0.6 is 0 Å². The Morgan fingerprint density at radius 1 is 1.38 bits per heavy atom. The van der Waals surface area contributed by atoms with Crippen molar-refractivity contribution in [3.8, 4) is 0 Å². The molecule has 114 valence electrons. The highest BCUT2D eigenvalue weighted by molar-refractivity contribution is 5.84. The second-order valence-corrected chi connectivity index (χ2v) is 5.24.